The molecule has 1 aliphatic heterocycles. The molecule has 0 radical (unpaired) electrons. The van der Waals surface area contributed by atoms with E-state index in [1.54, 1.807) is 0 Å². The van der Waals surface area contributed by atoms with Crippen LogP contribution in [0.4, 0.5) is 17.5 Å². The van der Waals surface area contributed by atoms with Crippen molar-refractivity contribution in [2.75, 3.05) is 41.7 Å². The van der Waals surface area contributed by atoms with E-state index < -0.39 is 0 Å². The molecule has 1 saturated heterocycles. The number of benzene rings is 2. The first-order chi connectivity index (χ1) is 14.6. The van der Waals surface area contributed by atoms with Gasteiger partial charge in [0.15, 0.2) is 0 Å². The van der Waals surface area contributed by atoms with Crippen LogP contribution in [0.25, 0.3) is 0 Å². The van der Waals surface area contributed by atoms with Gasteiger partial charge in [0.05, 0.1) is 5.56 Å². The van der Waals surface area contributed by atoms with Gasteiger partial charge in [-0.15, -0.1) is 0 Å². The Morgan fingerprint density at radius 2 is 1.77 bits per heavy atom. The lowest BCUT2D eigenvalue weighted by Crippen LogP contribution is -2.47. The van der Waals surface area contributed by atoms with Gasteiger partial charge in [0, 0.05) is 49.6 Å². The molecule has 1 fully saturated rings. The highest BCUT2D eigenvalue weighted by Crippen LogP contribution is 2.22. The predicted molar refractivity (Wildman–Crippen MR) is 120 cm³/mol. The van der Waals surface area contributed by atoms with E-state index in [0.29, 0.717) is 12.5 Å². The molecule has 3 N–H and O–H groups in total. The second-order valence-electron chi connectivity index (χ2n) is 7.09. The smallest absolute Gasteiger partial charge is 0.256 e. The van der Waals surface area contributed by atoms with E-state index in [2.05, 4.69) is 31.2 Å². The Morgan fingerprint density at radius 1 is 1.03 bits per heavy atom. The Labute approximate surface area is 180 Å². The summed E-state index contributed by atoms with van der Waals surface area (Å²) in [6, 6.07) is 17.5. The van der Waals surface area contributed by atoms with Crippen LogP contribution in [0.15, 0.2) is 60.8 Å². The number of piperazine rings is 1. The molecule has 154 valence electrons. The summed E-state index contributed by atoms with van der Waals surface area (Å²) in [6.07, 6.45) is 1.50. The number of hydrogen-bond donors (Lipinski definition) is 2. The van der Waals surface area contributed by atoms with E-state index >= 15 is 0 Å². The Hall–Kier alpha value is -3.32. The van der Waals surface area contributed by atoms with Gasteiger partial charge in [0.1, 0.15) is 5.82 Å². The number of carbonyl (C=O) groups is 1. The second-order valence-corrected chi connectivity index (χ2v) is 7.53. The lowest BCUT2D eigenvalue weighted by Gasteiger charge is -2.36. The summed E-state index contributed by atoms with van der Waals surface area (Å²) < 4.78 is 0. The molecule has 0 saturated carbocycles. The first kappa shape index (κ1) is 20.0. The van der Waals surface area contributed by atoms with Gasteiger partial charge in [0.2, 0.25) is 5.95 Å². The van der Waals surface area contributed by atoms with Gasteiger partial charge in [-0.3, -0.25) is 4.79 Å². The third-order valence-corrected chi connectivity index (χ3v) is 5.32. The maximum absolute atomic E-state index is 12.5. The van der Waals surface area contributed by atoms with Crippen LogP contribution in [0.1, 0.15) is 15.9 Å². The number of aromatic nitrogens is 2. The minimum atomic E-state index is -0.284. The number of amides is 1. The minimum Gasteiger partial charge on any atom is -0.383 e. The lowest BCUT2D eigenvalue weighted by molar-refractivity contribution is 0.0951. The van der Waals surface area contributed by atoms with Gasteiger partial charge in [-0.2, -0.15) is 4.98 Å². The molecular weight excluding hydrogens is 400 g/mol. The summed E-state index contributed by atoms with van der Waals surface area (Å²) in [5.41, 5.74) is 8.47. The van der Waals surface area contributed by atoms with Crippen LogP contribution in [0.3, 0.4) is 0 Å². The molecule has 0 atom stereocenters. The Balaban J connectivity index is 1.37. The van der Waals surface area contributed by atoms with Gasteiger partial charge in [0.25, 0.3) is 5.91 Å². The van der Waals surface area contributed by atoms with Crippen LogP contribution >= 0.6 is 11.6 Å². The summed E-state index contributed by atoms with van der Waals surface area (Å²) in [5.74, 6) is 0.439. The molecule has 0 bridgehead atoms. The zero-order valence-electron chi connectivity index (χ0n) is 16.5. The number of nitrogens with two attached hydrogens (primary N) is 1. The second kappa shape index (κ2) is 9.00. The molecule has 0 spiro atoms. The normalized spacial score (nSPS) is 13.9. The Kier molecular flexibility index (Phi) is 5.99. The molecule has 2 aromatic carbocycles. The Morgan fingerprint density at radius 3 is 2.47 bits per heavy atom. The average Bonchev–Trinajstić information content (AvgIpc) is 2.78. The van der Waals surface area contributed by atoms with Gasteiger partial charge in [-0.1, -0.05) is 48.0 Å². The van der Waals surface area contributed by atoms with Gasteiger partial charge in [-0.05, 0) is 23.8 Å². The van der Waals surface area contributed by atoms with E-state index in [1.807, 2.05) is 48.5 Å². The molecule has 0 unspecified atom stereocenters. The van der Waals surface area contributed by atoms with Crippen LogP contribution in [0.5, 0.6) is 0 Å². The Bertz CT molecular complexity index is 1020. The summed E-state index contributed by atoms with van der Waals surface area (Å²) in [7, 11) is 0. The highest BCUT2D eigenvalue weighted by Gasteiger charge is 2.21. The predicted octanol–water partition coefficient (Wildman–Crippen LogP) is 2.97. The molecule has 1 aromatic heterocycles. The maximum Gasteiger partial charge on any atom is 0.256 e. The number of hydrogen-bond acceptors (Lipinski definition) is 6. The summed E-state index contributed by atoms with van der Waals surface area (Å²) in [4.78, 5) is 25.6. The van der Waals surface area contributed by atoms with Crippen molar-refractivity contribution in [1.29, 1.82) is 0 Å². The number of carbonyl (C=O) groups excluding carboxylic acids is 1. The number of halogens is 1. The number of nitrogens with one attached hydrogen (secondary N) is 1. The molecule has 30 heavy (non-hydrogen) atoms. The van der Waals surface area contributed by atoms with E-state index in [0.717, 1.165) is 42.5 Å². The minimum absolute atomic E-state index is 0.183. The zero-order chi connectivity index (χ0) is 20.9. The standard InChI is InChI=1S/C22H23ClN6O/c23-17-7-4-8-18(13-17)28-9-11-29(12-10-28)22-26-15-19(20(24)27-22)21(30)25-14-16-5-2-1-3-6-16/h1-8,13,15H,9-12,14H2,(H,25,30)(H2,24,26,27). The molecule has 8 heteroatoms. The average molecular weight is 423 g/mol. The molecule has 2 heterocycles. The van der Waals surface area contributed by atoms with E-state index in [4.69, 9.17) is 17.3 Å². The van der Waals surface area contributed by atoms with Crippen LogP contribution in [-0.2, 0) is 6.54 Å². The lowest BCUT2D eigenvalue weighted by atomic mass is 10.2. The molecule has 1 amide bonds. The van der Waals surface area contributed by atoms with Gasteiger partial charge < -0.3 is 20.9 Å². The first-order valence-corrected chi connectivity index (χ1v) is 10.2. The van der Waals surface area contributed by atoms with Crippen molar-refractivity contribution in [3.05, 3.63) is 76.9 Å². The third kappa shape index (κ3) is 4.63. The molecule has 4 rings (SSSR count). The summed E-state index contributed by atoms with van der Waals surface area (Å²) >= 11 is 6.10. The van der Waals surface area contributed by atoms with Crippen molar-refractivity contribution in [3.8, 4) is 0 Å². The quantitative estimate of drug-likeness (QED) is 0.657. The zero-order valence-corrected chi connectivity index (χ0v) is 17.2. The van der Waals surface area contributed by atoms with Crippen molar-refractivity contribution in [3.63, 3.8) is 0 Å². The van der Waals surface area contributed by atoms with Gasteiger partial charge in [-0.25, -0.2) is 4.98 Å². The molecule has 1 aliphatic rings. The number of anilines is 3. The van der Waals surface area contributed by atoms with Crippen LogP contribution < -0.4 is 20.9 Å². The number of rotatable bonds is 5. The fraction of sp³-hybridized carbons (Fsp3) is 0.227. The van der Waals surface area contributed by atoms with E-state index in [9.17, 15) is 4.79 Å². The maximum atomic E-state index is 12.5. The van der Waals surface area contributed by atoms with Crippen molar-refractivity contribution in [2.24, 2.45) is 0 Å². The molecule has 7 nitrogen and oxygen atoms in total. The highest BCUT2D eigenvalue weighted by molar-refractivity contribution is 6.30. The largest absolute Gasteiger partial charge is 0.383 e. The summed E-state index contributed by atoms with van der Waals surface area (Å²) in [5, 5.41) is 3.58. The topological polar surface area (TPSA) is 87.4 Å². The van der Waals surface area contributed by atoms with Crippen LogP contribution in [0.2, 0.25) is 5.02 Å². The number of nitrogen functional groups attached to an aromatic ring is 1. The first-order valence-electron chi connectivity index (χ1n) is 9.80. The van der Waals surface area contributed by atoms with Crippen molar-refractivity contribution in [1.82, 2.24) is 15.3 Å². The van der Waals surface area contributed by atoms with Crippen LogP contribution in [0, 0.1) is 0 Å². The van der Waals surface area contributed by atoms with Crippen LogP contribution in [-0.4, -0.2) is 42.1 Å². The van der Waals surface area contributed by atoms with Crippen molar-refractivity contribution >= 4 is 35.0 Å². The van der Waals surface area contributed by atoms with E-state index in [1.165, 1.54) is 6.20 Å². The third-order valence-electron chi connectivity index (χ3n) is 5.08. The fourth-order valence-electron chi connectivity index (χ4n) is 3.42. The van der Waals surface area contributed by atoms with E-state index in [-0.39, 0.29) is 17.3 Å². The summed E-state index contributed by atoms with van der Waals surface area (Å²) in [6.45, 7) is 3.58. The number of nitrogens with zero attached hydrogens (tertiary/aromatic N) is 4. The highest BCUT2D eigenvalue weighted by atomic mass is 35.5. The van der Waals surface area contributed by atoms with Gasteiger partial charge >= 0.3 is 0 Å². The SMILES string of the molecule is Nc1nc(N2CCN(c3cccc(Cl)c3)CC2)ncc1C(=O)NCc1ccccc1. The molecule has 0 aliphatic carbocycles. The van der Waals surface area contributed by atoms with Crippen molar-refractivity contribution < 1.29 is 4.79 Å². The van der Waals surface area contributed by atoms with Crippen molar-refractivity contribution in [2.45, 2.75) is 6.54 Å². The fourth-order valence-corrected chi connectivity index (χ4v) is 3.61. The molecule has 3 aromatic rings. The molecular formula is C22H23ClN6O. The monoisotopic (exact) mass is 422 g/mol.